The van der Waals surface area contributed by atoms with Gasteiger partial charge in [-0.1, -0.05) is 0 Å². The molecular formula is C5H10LiN. The molecule has 0 radical (unpaired) electrons. The molecule has 0 N–H and O–H groups in total. The van der Waals surface area contributed by atoms with Crippen molar-refractivity contribution in [2.75, 3.05) is 0 Å². The van der Waals surface area contributed by atoms with Crippen molar-refractivity contribution in [3.05, 3.63) is 0 Å². The van der Waals surface area contributed by atoms with Gasteiger partial charge in [-0.05, 0) is 0 Å². The van der Waals surface area contributed by atoms with Gasteiger partial charge in [-0.2, -0.15) is 0 Å². The fourth-order valence-electron chi connectivity index (χ4n) is 0.354. The topological polar surface area (TPSA) is 23.8 Å². The Bertz CT molecular complexity index is 32.3. The predicted octanol–water partition coefficient (Wildman–Crippen LogP) is 1.51. The molecule has 0 bridgehead atoms. The first-order valence-corrected chi connectivity index (χ1v) is 2.67. The van der Waals surface area contributed by atoms with Crippen LogP contribution in [-0.2, 0) is 0 Å². The van der Waals surface area contributed by atoms with Crippen molar-refractivity contribution >= 4 is 17.7 Å². The summed E-state index contributed by atoms with van der Waals surface area (Å²) in [4.78, 5) is 0. The Morgan fingerprint density at radius 3 is 2.00 bits per heavy atom. The molecule has 0 unspecified atom stereocenters. The van der Waals surface area contributed by atoms with Crippen LogP contribution in [0.1, 0.15) is 19.8 Å². The van der Waals surface area contributed by atoms with E-state index in [1.165, 1.54) is 17.9 Å². The third-order valence-corrected chi connectivity index (χ3v) is 0.707. The Balaban J connectivity index is 0. The molecule has 0 aliphatic heterocycles. The van der Waals surface area contributed by atoms with Crippen molar-refractivity contribution in [2.45, 2.75) is 24.9 Å². The van der Waals surface area contributed by atoms with Crippen molar-refractivity contribution < 1.29 is 0 Å². The van der Waals surface area contributed by atoms with Gasteiger partial charge in [0.2, 0.25) is 0 Å². The molecule has 0 atom stereocenters. The van der Waals surface area contributed by atoms with E-state index in [1.54, 1.807) is 0 Å². The van der Waals surface area contributed by atoms with E-state index in [4.69, 9.17) is 5.26 Å². The quantitative estimate of drug-likeness (QED) is 0.472. The summed E-state index contributed by atoms with van der Waals surface area (Å²) >= 11 is 2.21. The van der Waals surface area contributed by atoms with Crippen molar-refractivity contribution in [3.8, 4) is 6.57 Å². The summed E-state index contributed by atoms with van der Waals surface area (Å²) in [6, 6.07) is 0. The van der Waals surface area contributed by atoms with Crippen molar-refractivity contribution in [3.63, 3.8) is 0 Å². The zero-order valence-corrected chi connectivity index (χ0v) is 5.15. The van der Waals surface area contributed by atoms with E-state index >= 15 is 0 Å². The van der Waals surface area contributed by atoms with E-state index in [1.807, 2.05) is 0 Å². The van der Waals surface area contributed by atoms with Gasteiger partial charge in [0.1, 0.15) is 0 Å². The fourth-order valence-corrected chi connectivity index (χ4v) is 0.354. The number of nitriles is 1. The molecule has 2 heteroatoms. The molecule has 0 aromatic carbocycles. The van der Waals surface area contributed by atoms with Crippen LogP contribution in [0.2, 0.25) is 5.09 Å². The van der Waals surface area contributed by atoms with Gasteiger partial charge >= 0.3 is 42.6 Å². The number of nitrogens with zero attached hydrogens (tertiary/aromatic N) is 1. The van der Waals surface area contributed by atoms with Crippen LogP contribution in [0.4, 0.5) is 0 Å². The van der Waals surface area contributed by atoms with Crippen LogP contribution in [0.3, 0.4) is 0 Å². The maximum atomic E-state index is 6.50. The normalized spacial score (nSPS) is 6.43. The summed E-state index contributed by atoms with van der Waals surface area (Å²) in [6.07, 6.45) is 2.73. The van der Waals surface area contributed by atoms with Crippen LogP contribution in [0.5, 0.6) is 0 Å². The minimum atomic E-state index is 1.34. The summed E-state index contributed by atoms with van der Waals surface area (Å²) in [5, 5.41) is 7.84. The summed E-state index contributed by atoms with van der Waals surface area (Å²) in [5.41, 5.74) is 0. The summed E-state index contributed by atoms with van der Waals surface area (Å²) in [7, 11) is 0. The Hall–Kier alpha value is 0.0874. The fraction of sp³-hybridized carbons (Fsp3) is 0.800. The van der Waals surface area contributed by atoms with E-state index in [-0.39, 0.29) is 0 Å². The molecule has 1 nitrogen and oxygen atoms in total. The maximum absolute atomic E-state index is 6.50. The first kappa shape index (κ1) is 10.1. The Labute approximate surface area is 54.9 Å². The monoisotopic (exact) mass is 91.1 g/mol. The SMILES string of the molecule is C#N.[Li][CH2]CCC. The van der Waals surface area contributed by atoms with E-state index < -0.39 is 0 Å². The summed E-state index contributed by atoms with van der Waals surface area (Å²) in [5.74, 6) is 0. The Morgan fingerprint density at radius 1 is 1.57 bits per heavy atom. The third-order valence-electron chi connectivity index (χ3n) is 0.707. The molecule has 0 heterocycles. The first-order valence-electron chi connectivity index (χ1n) is 2.67. The number of hydrogen-bond donors (Lipinski definition) is 0. The molecule has 0 aliphatic carbocycles. The molecule has 0 aromatic rings. The Morgan fingerprint density at radius 2 is 2.00 bits per heavy atom. The molecule has 0 spiro atoms. The standard InChI is InChI=1S/C4H9.CHN.Li/c1-3-4-2;1-2;/h1,3-4H2,2H3;1H;. The second kappa shape index (κ2) is 16.5. The van der Waals surface area contributed by atoms with Gasteiger partial charge in [0, 0.05) is 6.57 Å². The van der Waals surface area contributed by atoms with E-state index in [0.717, 1.165) is 0 Å². The number of rotatable bonds is 2. The van der Waals surface area contributed by atoms with Crippen LogP contribution < -0.4 is 0 Å². The van der Waals surface area contributed by atoms with E-state index in [9.17, 15) is 0 Å². The first-order chi connectivity index (χ1) is 3.41. The molecule has 0 fully saturated rings. The van der Waals surface area contributed by atoms with Gasteiger partial charge < -0.3 is 0 Å². The van der Waals surface area contributed by atoms with Crippen molar-refractivity contribution in [1.82, 2.24) is 0 Å². The average molecular weight is 91.1 g/mol. The van der Waals surface area contributed by atoms with E-state index in [0.29, 0.717) is 0 Å². The molecule has 0 aliphatic rings. The zero-order valence-electron chi connectivity index (χ0n) is 5.15. The summed E-state index contributed by atoms with van der Waals surface area (Å²) < 4.78 is 0. The van der Waals surface area contributed by atoms with Crippen LogP contribution >= 0.6 is 0 Å². The molecule has 0 amide bonds. The van der Waals surface area contributed by atoms with Crippen LogP contribution in [-0.4, -0.2) is 17.7 Å². The van der Waals surface area contributed by atoms with Gasteiger partial charge in [-0.15, -0.1) is 0 Å². The molecule has 36 valence electrons. The third kappa shape index (κ3) is 23.3. The van der Waals surface area contributed by atoms with Crippen LogP contribution in [0.15, 0.2) is 0 Å². The van der Waals surface area contributed by atoms with Gasteiger partial charge in [-0.25, -0.2) is 5.26 Å². The average Bonchev–Trinajstić information content (AvgIpc) is 1.75. The molecule has 7 heavy (non-hydrogen) atoms. The number of unbranched alkanes of at least 4 members (excludes halogenated alkanes) is 1. The second-order valence-corrected chi connectivity index (χ2v) is 1.35. The van der Waals surface area contributed by atoms with Crippen molar-refractivity contribution in [1.29, 1.82) is 5.26 Å². The van der Waals surface area contributed by atoms with Gasteiger partial charge in [-0.3, -0.25) is 0 Å². The molecule has 0 aromatic heterocycles. The van der Waals surface area contributed by atoms with Gasteiger partial charge in [0.15, 0.2) is 0 Å². The van der Waals surface area contributed by atoms with Gasteiger partial charge in [0.25, 0.3) is 0 Å². The van der Waals surface area contributed by atoms with Crippen LogP contribution in [0, 0.1) is 11.8 Å². The zero-order chi connectivity index (χ0) is 6.12. The predicted molar refractivity (Wildman–Crippen MR) is 32.1 cm³/mol. The van der Waals surface area contributed by atoms with Gasteiger partial charge in [0.05, 0.1) is 0 Å². The minimum absolute atomic E-state index is 1.34. The molecule has 0 saturated carbocycles. The second-order valence-electron chi connectivity index (χ2n) is 1.35. The van der Waals surface area contributed by atoms with Crippen LogP contribution in [0.25, 0.3) is 0 Å². The molecule has 0 rings (SSSR count). The van der Waals surface area contributed by atoms with Crippen molar-refractivity contribution in [2.24, 2.45) is 0 Å². The summed E-state index contributed by atoms with van der Waals surface area (Å²) in [6.45, 7) is 5.71. The van der Waals surface area contributed by atoms with E-state index in [2.05, 4.69) is 31.2 Å². The Kier molecular flexibility index (Phi) is 24.0. The molecular weight excluding hydrogens is 81.0 g/mol. The molecule has 0 saturated heterocycles. The number of hydrogen-bond acceptors (Lipinski definition) is 1.